The Kier molecular flexibility index (Phi) is 5.83. The van der Waals surface area contributed by atoms with Gasteiger partial charge in [-0.25, -0.2) is 0 Å². The van der Waals surface area contributed by atoms with Gasteiger partial charge in [-0.1, -0.05) is 26.0 Å². The average Bonchev–Trinajstić information content (AvgIpc) is 2.54. The van der Waals surface area contributed by atoms with Gasteiger partial charge in [0.2, 0.25) is 5.91 Å². The van der Waals surface area contributed by atoms with Crippen LogP contribution in [0.1, 0.15) is 44.6 Å². The molecule has 1 saturated heterocycles. The van der Waals surface area contributed by atoms with Crippen LogP contribution in [0, 0.1) is 5.92 Å². The zero-order valence-electron chi connectivity index (χ0n) is 13.9. The number of carbonyl (C=O) groups excluding carboxylic acids is 1. The molecule has 2 rings (SSSR count). The average molecular weight is 304 g/mol. The highest BCUT2D eigenvalue weighted by molar-refractivity contribution is 5.77. The fourth-order valence-corrected chi connectivity index (χ4v) is 3.23. The lowest BCUT2D eigenvalue weighted by Crippen LogP contribution is -2.49. The predicted octanol–water partition coefficient (Wildman–Crippen LogP) is 2.77. The third-order valence-corrected chi connectivity index (χ3v) is 4.74. The van der Waals surface area contributed by atoms with Crippen molar-refractivity contribution in [2.24, 2.45) is 11.7 Å². The number of piperidine rings is 1. The number of nitrogens with zero attached hydrogens (tertiary/aromatic N) is 1. The van der Waals surface area contributed by atoms with Gasteiger partial charge >= 0.3 is 0 Å². The third-order valence-electron chi connectivity index (χ3n) is 4.74. The molecule has 122 valence electrons. The van der Waals surface area contributed by atoms with Crippen LogP contribution in [0.25, 0.3) is 0 Å². The van der Waals surface area contributed by atoms with Gasteiger partial charge in [0.05, 0.1) is 7.11 Å². The van der Waals surface area contributed by atoms with E-state index in [1.54, 1.807) is 7.11 Å². The van der Waals surface area contributed by atoms with Crippen LogP contribution in [0.2, 0.25) is 0 Å². The maximum atomic E-state index is 12.6. The minimum Gasteiger partial charge on any atom is -0.497 e. The molecule has 4 heteroatoms. The second-order valence-corrected chi connectivity index (χ2v) is 6.48. The standard InChI is InChI=1S/C18H28N2O2/c1-13-8-9-20(16(10-13)12-19)18(21)11-14(2)15-4-6-17(22-3)7-5-15/h4-7,13-14,16H,8-12,19H2,1-3H3. The Morgan fingerprint density at radius 1 is 1.41 bits per heavy atom. The summed E-state index contributed by atoms with van der Waals surface area (Å²) in [5, 5.41) is 0. The minimum atomic E-state index is 0.205. The van der Waals surface area contributed by atoms with Crippen LogP contribution >= 0.6 is 0 Å². The summed E-state index contributed by atoms with van der Waals surface area (Å²) in [6.45, 7) is 5.75. The van der Waals surface area contributed by atoms with E-state index in [0.29, 0.717) is 18.9 Å². The van der Waals surface area contributed by atoms with Gasteiger partial charge in [-0.15, -0.1) is 0 Å². The molecule has 0 aliphatic carbocycles. The molecule has 0 bridgehead atoms. The first-order valence-corrected chi connectivity index (χ1v) is 8.18. The lowest BCUT2D eigenvalue weighted by atomic mass is 9.91. The zero-order valence-corrected chi connectivity index (χ0v) is 13.9. The largest absolute Gasteiger partial charge is 0.497 e. The molecule has 2 N–H and O–H groups in total. The number of rotatable bonds is 5. The van der Waals surface area contributed by atoms with Gasteiger partial charge in [0.15, 0.2) is 0 Å². The fraction of sp³-hybridized carbons (Fsp3) is 0.611. The zero-order chi connectivity index (χ0) is 16.1. The van der Waals surface area contributed by atoms with Crippen molar-refractivity contribution in [3.63, 3.8) is 0 Å². The molecular formula is C18H28N2O2. The van der Waals surface area contributed by atoms with E-state index in [4.69, 9.17) is 10.5 Å². The number of nitrogens with two attached hydrogens (primary N) is 1. The number of amides is 1. The molecule has 0 saturated carbocycles. The van der Waals surface area contributed by atoms with Crippen molar-refractivity contribution in [1.29, 1.82) is 0 Å². The Morgan fingerprint density at radius 3 is 2.68 bits per heavy atom. The Balaban J connectivity index is 1.97. The molecule has 1 heterocycles. The normalized spacial score (nSPS) is 23.2. The van der Waals surface area contributed by atoms with E-state index in [1.165, 1.54) is 5.56 Å². The van der Waals surface area contributed by atoms with E-state index in [-0.39, 0.29) is 17.9 Å². The number of likely N-dealkylation sites (tertiary alicyclic amines) is 1. The van der Waals surface area contributed by atoms with Crippen LogP contribution in [-0.2, 0) is 4.79 Å². The Bertz CT molecular complexity index is 486. The van der Waals surface area contributed by atoms with Gasteiger partial charge < -0.3 is 15.4 Å². The van der Waals surface area contributed by atoms with Crippen LogP contribution < -0.4 is 10.5 Å². The van der Waals surface area contributed by atoms with Crippen LogP contribution in [0.3, 0.4) is 0 Å². The second kappa shape index (κ2) is 7.63. The third kappa shape index (κ3) is 4.01. The lowest BCUT2D eigenvalue weighted by Gasteiger charge is -2.38. The lowest BCUT2D eigenvalue weighted by molar-refractivity contribution is -0.135. The van der Waals surface area contributed by atoms with Gasteiger partial charge in [-0.3, -0.25) is 4.79 Å². The number of ether oxygens (including phenoxy) is 1. The number of hydrogen-bond donors (Lipinski definition) is 1. The summed E-state index contributed by atoms with van der Waals surface area (Å²) >= 11 is 0. The summed E-state index contributed by atoms with van der Waals surface area (Å²) in [5.74, 6) is 1.94. The summed E-state index contributed by atoms with van der Waals surface area (Å²) in [6, 6.07) is 8.17. The van der Waals surface area contributed by atoms with E-state index < -0.39 is 0 Å². The van der Waals surface area contributed by atoms with Crippen molar-refractivity contribution in [3.05, 3.63) is 29.8 Å². The summed E-state index contributed by atoms with van der Waals surface area (Å²) in [4.78, 5) is 14.6. The number of hydrogen-bond acceptors (Lipinski definition) is 3. The van der Waals surface area contributed by atoms with Crippen molar-refractivity contribution in [1.82, 2.24) is 4.90 Å². The molecule has 0 radical (unpaired) electrons. The molecular weight excluding hydrogens is 276 g/mol. The monoisotopic (exact) mass is 304 g/mol. The van der Waals surface area contributed by atoms with Crippen LogP contribution in [0.15, 0.2) is 24.3 Å². The molecule has 0 aromatic heterocycles. The highest BCUT2D eigenvalue weighted by Crippen LogP contribution is 2.26. The van der Waals surface area contributed by atoms with Gasteiger partial charge in [0, 0.05) is 25.6 Å². The van der Waals surface area contributed by atoms with E-state index in [1.807, 2.05) is 29.2 Å². The maximum Gasteiger partial charge on any atom is 0.223 e. The smallest absolute Gasteiger partial charge is 0.223 e. The SMILES string of the molecule is COc1ccc(C(C)CC(=O)N2CCC(C)CC2CN)cc1. The highest BCUT2D eigenvalue weighted by atomic mass is 16.5. The minimum absolute atomic E-state index is 0.205. The molecule has 3 atom stereocenters. The van der Waals surface area contributed by atoms with Gasteiger partial charge in [0.1, 0.15) is 5.75 Å². The molecule has 1 aliphatic rings. The number of carbonyl (C=O) groups is 1. The Labute approximate surface area is 133 Å². The second-order valence-electron chi connectivity index (χ2n) is 6.48. The molecule has 1 aromatic rings. The molecule has 1 aliphatic heterocycles. The van der Waals surface area contributed by atoms with Gasteiger partial charge in [-0.05, 0) is 42.4 Å². The van der Waals surface area contributed by atoms with Crippen molar-refractivity contribution < 1.29 is 9.53 Å². The number of benzene rings is 1. The van der Waals surface area contributed by atoms with Crippen LogP contribution in [-0.4, -0.2) is 37.0 Å². The molecule has 0 spiro atoms. The quantitative estimate of drug-likeness (QED) is 0.910. The van der Waals surface area contributed by atoms with Gasteiger partial charge in [0.25, 0.3) is 0 Å². The van der Waals surface area contributed by atoms with Crippen molar-refractivity contribution in [2.45, 2.75) is 45.1 Å². The Hall–Kier alpha value is -1.55. The van der Waals surface area contributed by atoms with Crippen LogP contribution in [0.5, 0.6) is 5.75 Å². The molecule has 1 aromatic carbocycles. The maximum absolute atomic E-state index is 12.6. The predicted molar refractivity (Wildman–Crippen MR) is 89.0 cm³/mol. The first kappa shape index (κ1) is 16.8. The van der Waals surface area contributed by atoms with Crippen molar-refractivity contribution in [3.8, 4) is 5.75 Å². The molecule has 3 unspecified atom stereocenters. The summed E-state index contributed by atoms with van der Waals surface area (Å²) in [6.07, 6.45) is 2.65. The summed E-state index contributed by atoms with van der Waals surface area (Å²) in [5.41, 5.74) is 7.03. The molecule has 22 heavy (non-hydrogen) atoms. The topological polar surface area (TPSA) is 55.6 Å². The Morgan fingerprint density at radius 2 is 2.09 bits per heavy atom. The molecule has 1 fully saturated rings. The van der Waals surface area contributed by atoms with E-state index >= 15 is 0 Å². The highest BCUT2D eigenvalue weighted by Gasteiger charge is 2.29. The van der Waals surface area contributed by atoms with Crippen LogP contribution in [0.4, 0.5) is 0 Å². The first-order valence-electron chi connectivity index (χ1n) is 8.18. The fourth-order valence-electron chi connectivity index (χ4n) is 3.23. The van der Waals surface area contributed by atoms with Gasteiger partial charge in [-0.2, -0.15) is 0 Å². The van der Waals surface area contributed by atoms with E-state index in [9.17, 15) is 4.79 Å². The summed E-state index contributed by atoms with van der Waals surface area (Å²) in [7, 11) is 1.66. The van der Waals surface area contributed by atoms with Crippen molar-refractivity contribution in [2.75, 3.05) is 20.2 Å². The number of methoxy groups -OCH3 is 1. The molecule has 4 nitrogen and oxygen atoms in total. The van der Waals surface area contributed by atoms with Crippen molar-refractivity contribution >= 4 is 5.91 Å². The van der Waals surface area contributed by atoms with E-state index in [2.05, 4.69) is 13.8 Å². The summed E-state index contributed by atoms with van der Waals surface area (Å²) < 4.78 is 5.17. The first-order chi connectivity index (χ1) is 10.5. The molecule has 1 amide bonds. The van der Waals surface area contributed by atoms with E-state index in [0.717, 1.165) is 25.1 Å².